The van der Waals surface area contributed by atoms with Gasteiger partial charge in [0.2, 0.25) is 11.6 Å². The molecule has 8 heteroatoms. The van der Waals surface area contributed by atoms with E-state index in [1.807, 2.05) is 6.92 Å². The normalized spacial score (nSPS) is 42.6. The van der Waals surface area contributed by atoms with Gasteiger partial charge in [-0.2, -0.15) is 9.78 Å². The number of hydrogen-bond donors (Lipinski definition) is 0. The van der Waals surface area contributed by atoms with Crippen molar-refractivity contribution in [3.8, 4) is 0 Å². The topological polar surface area (TPSA) is 80.3 Å². The molecule has 1 aliphatic heterocycles. The summed E-state index contributed by atoms with van der Waals surface area (Å²) in [4.78, 5) is 37.8. The van der Waals surface area contributed by atoms with E-state index in [1.165, 1.54) is 0 Å². The molecule has 2 atom stereocenters. The molecule has 0 aromatic rings. The molecule has 7 nitrogen and oxygen atoms in total. The molecule has 0 amide bonds. The predicted octanol–water partition coefficient (Wildman–Crippen LogP) is 5.88. The number of rotatable bonds is 5. The van der Waals surface area contributed by atoms with Gasteiger partial charge < -0.3 is 13.9 Å². The first-order valence-corrected chi connectivity index (χ1v) is 16.7. The van der Waals surface area contributed by atoms with E-state index in [-0.39, 0.29) is 28.8 Å². The monoisotopic (exact) mass is 508 g/mol. The lowest BCUT2D eigenvalue weighted by atomic mass is 9.47. The quantitative estimate of drug-likeness (QED) is 0.261. The third kappa shape index (κ3) is 4.30. The molecule has 6 aliphatic rings. The van der Waals surface area contributed by atoms with Crippen LogP contribution in [0.2, 0.25) is 18.1 Å². The van der Waals surface area contributed by atoms with Crippen molar-refractivity contribution < 1.29 is 33.3 Å². The van der Waals surface area contributed by atoms with Crippen molar-refractivity contribution in [3.63, 3.8) is 0 Å². The molecular formula is C27H44O7Si. The Hall–Kier alpha value is -0.963. The average Bonchev–Trinajstić information content (AvgIpc) is 3.13. The molecule has 5 aliphatic carbocycles. The second-order valence-corrected chi connectivity index (χ2v) is 18.4. The third-order valence-electron chi connectivity index (χ3n) is 10.2. The first-order chi connectivity index (χ1) is 16.3. The first kappa shape index (κ1) is 25.7. The van der Waals surface area contributed by atoms with E-state index in [1.54, 1.807) is 0 Å². The molecule has 35 heavy (non-hydrogen) atoms. The van der Waals surface area contributed by atoms with Crippen molar-refractivity contribution in [1.29, 1.82) is 0 Å². The molecule has 1 heterocycles. The Labute approximate surface area is 211 Å². The van der Waals surface area contributed by atoms with Crippen molar-refractivity contribution in [2.24, 2.45) is 29.1 Å². The summed E-state index contributed by atoms with van der Waals surface area (Å²) in [7, 11) is -2.19. The van der Waals surface area contributed by atoms with Crippen LogP contribution >= 0.6 is 0 Å². The molecular weight excluding hydrogens is 464 g/mol. The van der Waals surface area contributed by atoms with E-state index >= 15 is 0 Å². The SMILES string of the molecule is CCOC(=O)CC1CC[C@]2(CC1)OO[C@]1(O2)C2CC3CC1CC(C(=O)O[Si](C)(C)C(C)(C)C)(C3)C2. The van der Waals surface area contributed by atoms with Gasteiger partial charge in [-0.05, 0) is 81.8 Å². The van der Waals surface area contributed by atoms with Crippen molar-refractivity contribution in [3.05, 3.63) is 0 Å². The summed E-state index contributed by atoms with van der Waals surface area (Å²) in [6.45, 7) is 13.1. The number of carbonyl (C=O) groups is 2. The van der Waals surface area contributed by atoms with Crippen molar-refractivity contribution in [1.82, 2.24) is 0 Å². The average molecular weight is 509 g/mol. The largest absolute Gasteiger partial charge is 0.519 e. The Morgan fingerprint density at radius 2 is 1.63 bits per heavy atom. The minimum Gasteiger partial charge on any atom is -0.519 e. The number of hydrogen-bond acceptors (Lipinski definition) is 7. The second kappa shape index (κ2) is 8.53. The Morgan fingerprint density at radius 3 is 2.20 bits per heavy atom. The highest BCUT2D eigenvalue weighted by atomic mass is 28.4. The van der Waals surface area contributed by atoms with Gasteiger partial charge in [0.15, 0.2) is 0 Å². The summed E-state index contributed by atoms with van der Waals surface area (Å²) in [5.74, 6) is -0.447. The lowest BCUT2D eigenvalue weighted by Gasteiger charge is -2.61. The summed E-state index contributed by atoms with van der Waals surface area (Å²) in [5, 5.41) is -0.00378. The van der Waals surface area contributed by atoms with E-state index in [2.05, 4.69) is 33.9 Å². The van der Waals surface area contributed by atoms with Gasteiger partial charge in [0.25, 0.3) is 14.3 Å². The molecule has 6 fully saturated rings. The van der Waals surface area contributed by atoms with E-state index in [0.717, 1.165) is 57.8 Å². The molecule has 0 aromatic heterocycles. The smallest absolute Gasteiger partial charge is 0.306 e. The van der Waals surface area contributed by atoms with Crippen LogP contribution in [0.3, 0.4) is 0 Å². The van der Waals surface area contributed by atoms with Crippen LogP contribution in [0, 0.1) is 29.1 Å². The highest BCUT2D eigenvalue weighted by molar-refractivity contribution is 6.75. The van der Waals surface area contributed by atoms with Gasteiger partial charge in [-0.1, -0.05) is 20.8 Å². The van der Waals surface area contributed by atoms with Gasteiger partial charge in [0, 0.05) is 31.1 Å². The molecule has 198 valence electrons. The number of carbonyl (C=O) groups excluding carboxylic acids is 2. The number of esters is 1. The van der Waals surface area contributed by atoms with Crippen LogP contribution in [0.25, 0.3) is 0 Å². The summed E-state index contributed by atoms with van der Waals surface area (Å²) in [6.07, 6.45) is 8.13. The van der Waals surface area contributed by atoms with Gasteiger partial charge in [-0.3, -0.25) is 9.59 Å². The van der Waals surface area contributed by atoms with E-state index in [0.29, 0.717) is 24.9 Å². The van der Waals surface area contributed by atoms with Crippen LogP contribution in [0.5, 0.6) is 0 Å². The summed E-state index contributed by atoms with van der Waals surface area (Å²) in [6, 6.07) is 0. The maximum Gasteiger partial charge on any atom is 0.306 e. The van der Waals surface area contributed by atoms with Gasteiger partial charge in [-0.15, -0.1) is 0 Å². The highest BCUT2D eigenvalue weighted by Gasteiger charge is 2.71. The fourth-order valence-corrected chi connectivity index (χ4v) is 8.39. The predicted molar refractivity (Wildman–Crippen MR) is 131 cm³/mol. The Bertz CT molecular complexity index is 838. The standard InChI is InChI=1S/C27H44O7Si/c1-7-30-22(28)14-18-8-10-26(11-9-18)32-27(34-33-26)20-12-19-13-21(27)17-25(15-19,16-20)23(29)31-35(5,6)24(2,3)4/h18-21H,7-17H2,1-6H3/t18?,19?,20?,21?,25?,26-,27-. The molecule has 0 N–H and O–H groups in total. The maximum absolute atomic E-state index is 13.7. The van der Waals surface area contributed by atoms with Crippen LogP contribution in [0.4, 0.5) is 0 Å². The van der Waals surface area contributed by atoms with Crippen LogP contribution in [0.15, 0.2) is 0 Å². The number of ether oxygens (including phenoxy) is 2. The van der Waals surface area contributed by atoms with Crippen molar-refractivity contribution in [2.45, 2.75) is 122 Å². The Kier molecular flexibility index (Phi) is 6.26. The zero-order valence-electron chi connectivity index (χ0n) is 22.4. The van der Waals surface area contributed by atoms with Gasteiger partial charge >= 0.3 is 5.97 Å². The van der Waals surface area contributed by atoms with Crippen LogP contribution < -0.4 is 0 Å². The zero-order valence-corrected chi connectivity index (χ0v) is 23.4. The van der Waals surface area contributed by atoms with Gasteiger partial charge in [-0.25, -0.2) is 0 Å². The third-order valence-corrected chi connectivity index (χ3v) is 14.5. The lowest BCUT2D eigenvalue weighted by Crippen LogP contribution is -2.64. The Morgan fingerprint density at radius 1 is 1.00 bits per heavy atom. The highest BCUT2D eigenvalue weighted by Crippen LogP contribution is 2.68. The van der Waals surface area contributed by atoms with Crippen molar-refractivity contribution in [2.75, 3.05) is 6.61 Å². The molecule has 0 aromatic carbocycles. The molecule has 2 spiro atoms. The minimum absolute atomic E-state index is 0.00378. The fraction of sp³-hybridized carbons (Fsp3) is 0.926. The van der Waals surface area contributed by atoms with Crippen LogP contribution in [0.1, 0.15) is 91.9 Å². The fourth-order valence-electron chi connectivity index (χ4n) is 7.40. The maximum atomic E-state index is 13.7. The minimum atomic E-state index is -2.19. The summed E-state index contributed by atoms with van der Waals surface area (Å²) >= 11 is 0. The zero-order chi connectivity index (χ0) is 25.3. The van der Waals surface area contributed by atoms with Gasteiger partial charge in [0.05, 0.1) is 12.0 Å². The summed E-state index contributed by atoms with van der Waals surface area (Å²) in [5.41, 5.74) is -0.406. The van der Waals surface area contributed by atoms with E-state index < -0.39 is 25.3 Å². The van der Waals surface area contributed by atoms with Crippen LogP contribution in [-0.2, 0) is 33.3 Å². The van der Waals surface area contributed by atoms with Crippen LogP contribution in [-0.4, -0.2) is 38.4 Å². The first-order valence-electron chi connectivity index (χ1n) is 13.8. The molecule has 2 unspecified atom stereocenters. The summed E-state index contributed by atoms with van der Waals surface area (Å²) < 4.78 is 18.3. The second-order valence-electron chi connectivity index (χ2n) is 13.6. The molecule has 0 radical (unpaired) electrons. The Balaban J connectivity index is 1.27. The molecule has 1 saturated heterocycles. The van der Waals surface area contributed by atoms with E-state index in [9.17, 15) is 9.59 Å². The molecule has 5 saturated carbocycles. The van der Waals surface area contributed by atoms with Gasteiger partial charge in [0.1, 0.15) is 0 Å². The van der Waals surface area contributed by atoms with E-state index in [4.69, 9.17) is 23.7 Å². The van der Waals surface area contributed by atoms with Crippen molar-refractivity contribution >= 4 is 20.3 Å². The molecule has 4 bridgehead atoms. The molecule has 6 rings (SSSR count). The lowest BCUT2D eigenvalue weighted by molar-refractivity contribution is -0.393.